The number of nitrogens with zero attached hydrogens (tertiary/aromatic N) is 4. The maximum absolute atomic E-state index is 12.7. The monoisotopic (exact) mass is 436 g/mol. The first-order valence-electron chi connectivity index (χ1n) is 10.8. The van der Waals surface area contributed by atoms with E-state index in [0.29, 0.717) is 36.0 Å². The summed E-state index contributed by atoms with van der Waals surface area (Å²) in [5.74, 6) is 1.16. The molecule has 1 aliphatic rings. The first-order valence-corrected chi connectivity index (χ1v) is 10.8. The number of ether oxygens (including phenoxy) is 1. The van der Waals surface area contributed by atoms with Crippen LogP contribution in [0.25, 0.3) is 11.0 Å². The Labute approximate surface area is 186 Å². The molecule has 32 heavy (non-hydrogen) atoms. The zero-order valence-electron chi connectivity index (χ0n) is 18.6. The lowest BCUT2D eigenvalue weighted by Crippen LogP contribution is -2.41. The molecule has 0 radical (unpaired) electrons. The third-order valence-electron chi connectivity index (χ3n) is 5.76. The number of carbonyl (C=O) groups excluding carboxylic acids is 2. The van der Waals surface area contributed by atoms with Crippen LogP contribution in [-0.2, 0) is 16.1 Å². The Bertz CT molecular complexity index is 1140. The fourth-order valence-corrected chi connectivity index (χ4v) is 4.02. The van der Waals surface area contributed by atoms with Gasteiger partial charge in [-0.15, -0.1) is 0 Å². The summed E-state index contributed by atoms with van der Waals surface area (Å²) in [6.07, 6.45) is 3.34. The first-order chi connectivity index (χ1) is 15.4. The molecule has 4 rings (SSSR count). The van der Waals surface area contributed by atoms with Crippen LogP contribution in [0.3, 0.4) is 0 Å². The summed E-state index contributed by atoms with van der Waals surface area (Å²) in [6, 6.07) is 6.02. The highest BCUT2D eigenvalue weighted by Crippen LogP contribution is 2.25. The number of carbonyl (C=O) groups is 2. The molecule has 2 aromatic heterocycles. The van der Waals surface area contributed by atoms with Crippen LogP contribution in [0.15, 0.2) is 24.4 Å². The Kier molecular flexibility index (Phi) is 6.45. The fourth-order valence-electron chi connectivity index (χ4n) is 4.02. The van der Waals surface area contributed by atoms with Gasteiger partial charge in [-0.1, -0.05) is 6.07 Å². The van der Waals surface area contributed by atoms with Gasteiger partial charge in [0.25, 0.3) is 5.91 Å². The van der Waals surface area contributed by atoms with Crippen LogP contribution in [0, 0.1) is 13.8 Å². The van der Waals surface area contributed by atoms with E-state index in [0.717, 1.165) is 29.4 Å². The summed E-state index contributed by atoms with van der Waals surface area (Å²) < 4.78 is 5.65. The zero-order chi connectivity index (χ0) is 22.7. The van der Waals surface area contributed by atoms with Crippen molar-refractivity contribution in [3.05, 3.63) is 52.9 Å². The Morgan fingerprint density at radius 3 is 2.91 bits per heavy atom. The van der Waals surface area contributed by atoms with Crippen molar-refractivity contribution in [2.75, 3.05) is 26.7 Å². The molecular formula is C23H28N6O3. The molecule has 9 heteroatoms. The molecule has 0 saturated carbocycles. The van der Waals surface area contributed by atoms with Gasteiger partial charge in [-0.05, 0) is 44.4 Å². The van der Waals surface area contributed by atoms with Crippen LogP contribution in [0.5, 0.6) is 0 Å². The van der Waals surface area contributed by atoms with Gasteiger partial charge in [0.05, 0.1) is 22.3 Å². The summed E-state index contributed by atoms with van der Waals surface area (Å²) in [6.45, 7) is 5.32. The Hall–Kier alpha value is -3.33. The quantitative estimate of drug-likeness (QED) is 0.613. The average Bonchev–Trinajstić information content (AvgIpc) is 3.20. The van der Waals surface area contributed by atoms with Crippen LogP contribution in [0.4, 0.5) is 0 Å². The number of H-pyrrole nitrogens is 1. The van der Waals surface area contributed by atoms with Crippen molar-refractivity contribution in [2.45, 2.75) is 39.2 Å². The number of fused-ring (bicyclic) bond motifs is 1. The van der Waals surface area contributed by atoms with Crippen molar-refractivity contribution in [1.29, 1.82) is 0 Å². The second-order valence-corrected chi connectivity index (χ2v) is 8.18. The van der Waals surface area contributed by atoms with Gasteiger partial charge >= 0.3 is 0 Å². The Morgan fingerprint density at radius 1 is 1.28 bits per heavy atom. The highest BCUT2D eigenvalue weighted by atomic mass is 16.5. The number of likely N-dealkylation sites (tertiary alicyclic amines) is 1. The van der Waals surface area contributed by atoms with Crippen molar-refractivity contribution < 1.29 is 14.3 Å². The van der Waals surface area contributed by atoms with Gasteiger partial charge in [-0.3, -0.25) is 9.59 Å². The molecule has 0 spiro atoms. The lowest BCUT2D eigenvalue weighted by Gasteiger charge is -2.32. The SMILES string of the molecule is CNC(=O)c1cnc(C2CCCN(C(=O)COCc3nc4ccc(C)cc4[nH]3)C2)nc1C. The summed E-state index contributed by atoms with van der Waals surface area (Å²) in [5, 5.41) is 2.59. The van der Waals surface area contributed by atoms with E-state index in [1.54, 1.807) is 20.2 Å². The molecule has 1 unspecified atom stereocenters. The van der Waals surface area contributed by atoms with Crippen LogP contribution < -0.4 is 5.32 Å². The molecule has 3 heterocycles. The minimum absolute atomic E-state index is 0.00170. The number of amides is 2. The van der Waals surface area contributed by atoms with E-state index in [1.807, 2.05) is 30.0 Å². The topological polar surface area (TPSA) is 113 Å². The minimum atomic E-state index is -0.203. The van der Waals surface area contributed by atoms with E-state index in [4.69, 9.17) is 4.74 Å². The molecule has 1 aromatic carbocycles. The number of rotatable bonds is 6. The number of aromatic amines is 1. The first kappa shape index (κ1) is 21.9. The maximum Gasteiger partial charge on any atom is 0.254 e. The van der Waals surface area contributed by atoms with E-state index in [9.17, 15) is 9.59 Å². The number of nitrogens with one attached hydrogen (secondary N) is 2. The molecule has 3 aromatic rings. The van der Waals surface area contributed by atoms with Gasteiger partial charge in [0.15, 0.2) is 0 Å². The number of aromatic nitrogens is 4. The largest absolute Gasteiger partial charge is 0.364 e. The van der Waals surface area contributed by atoms with E-state index >= 15 is 0 Å². The summed E-state index contributed by atoms with van der Waals surface area (Å²) in [5.41, 5.74) is 4.12. The molecule has 9 nitrogen and oxygen atoms in total. The lowest BCUT2D eigenvalue weighted by atomic mass is 9.97. The highest BCUT2D eigenvalue weighted by molar-refractivity contribution is 5.94. The van der Waals surface area contributed by atoms with Crippen LogP contribution in [0.1, 0.15) is 52.0 Å². The van der Waals surface area contributed by atoms with Crippen LogP contribution in [-0.4, -0.2) is 63.4 Å². The van der Waals surface area contributed by atoms with Gasteiger partial charge in [0.1, 0.15) is 24.9 Å². The van der Waals surface area contributed by atoms with Crippen molar-refractivity contribution in [1.82, 2.24) is 30.2 Å². The van der Waals surface area contributed by atoms with Gasteiger partial charge in [-0.25, -0.2) is 15.0 Å². The summed E-state index contributed by atoms with van der Waals surface area (Å²) >= 11 is 0. The maximum atomic E-state index is 12.7. The predicted octanol–water partition coefficient (Wildman–Crippen LogP) is 2.25. The van der Waals surface area contributed by atoms with E-state index in [-0.39, 0.29) is 30.9 Å². The van der Waals surface area contributed by atoms with E-state index < -0.39 is 0 Å². The lowest BCUT2D eigenvalue weighted by molar-refractivity contribution is -0.137. The van der Waals surface area contributed by atoms with Gasteiger partial charge in [0, 0.05) is 32.3 Å². The number of aryl methyl sites for hydroxylation is 2. The molecule has 1 aliphatic heterocycles. The second-order valence-electron chi connectivity index (χ2n) is 8.18. The third-order valence-corrected chi connectivity index (χ3v) is 5.76. The molecule has 1 fully saturated rings. The number of benzene rings is 1. The molecule has 0 aliphatic carbocycles. The van der Waals surface area contributed by atoms with E-state index in [1.165, 1.54) is 0 Å². The average molecular weight is 437 g/mol. The van der Waals surface area contributed by atoms with Gasteiger partial charge < -0.3 is 19.9 Å². The van der Waals surface area contributed by atoms with Gasteiger partial charge in [0.2, 0.25) is 5.91 Å². The molecule has 168 valence electrons. The normalized spacial score (nSPS) is 16.3. The Morgan fingerprint density at radius 2 is 2.12 bits per heavy atom. The van der Waals surface area contributed by atoms with Gasteiger partial charge in [-0.2, -0.15) is 0 Å². The fraction of sp³-hybridized carbons (Fsp3) is 0.435. The van der Waals surface area contributed by atoms with Crippen LogP contribution >= 0.6 is 0 Å². The van der Waals surface area contributed by atoms with Crippen molar-refractivity contribution in [2.24, 2.45) is 0 Å². The Balaban J connectivity index is 1.33. The van der Waals surface area contributed by atoms with Crippen molar-refractivity contribution in [3.8, 4) is 0 Å². The molecular weight excluding hydrogens is 408 g/mol. The van der Waals surface area contributed by atoms with E-state index in [2.05, 4.69) is 25.3 Å². The van der Waals surface area contributed by atoms with Crippen molar-refractivity contribution in [3.63, 3.8) is 0 Å². The third kappa shape index (κ3) is 4.77. The van der Waals surface area contributed by atoms with Crippen LogP contribution in [0.2, 0.25) is 0 Å². The minimum Gasteiger partial charge on any atom is -0.364 e. The smallest absolute Gasteiger partial charge is 0.254 e. The standard InChI is InChI=1S/C23H28N6O3/c1-14-6-7-18-19(9-14)28-20(27-18)12-32-13-21(30)29-8-4-5-16(11-29)22-25-10-17(15(2)26-22)23(31)24-3/h6-7,9-10,16H,4-5,8,11-13H2,1-3H3,(H,24,31)(H,27,28). The van der Waals surface area contributed by atoms with Crippen molar-refractivity contribution >= 4 is 22.8 Å². The molecule has 2 N–H and O–H groups in total. The summed E-state index contributed by atoms with van der Waals surface area (Å²) in [7, 11) is 1.58. The summed E-state index contributed by atoms with van der Waals surface area (Å²) in [4.78, 5) is 43.1. The number of piperidine rings is 1. The number of hydrogen-bond donors (Lipinski definition) is 2. The molecule has 1 atom stereocenters. The highest BCUT2D eigenvalue weighted by Gasteiger charge is 2.27. The second kappa shape index (κ2) is 9.44. The molecule has 0 bridgehead atoms. The number of imidazole rings is 1. The zero-order valence-corrected chi connectivity index (χ0v) is 18.6. The molecule has 2 amide bonds. The number of hydrogen-bond acceptors (Lipinski definition) is 6. The molecule has 1 saturated heterocycles. The predicted molar refractivity (Wildman–Crippen MR) is 119 cm³/mol.